The zero-order chi connectivity index (χ0) is 21.3. The Morgan fingerprint density at radius 3 is 2.67 bits per heavy atom. The number of rotatable bonds is 6. The minimum absolute atomic E-state index is 0.0721. The van der Waals surface area contributed by atoms with Crippen molar-refractivity contribution < 1.29 is 9.53 Å². The van der Waals surface area contributed by atoms with Crippen molar-refractivity contribution in [2.24, 2.45) is 4.99 Å². The predicted octanol–water partition coefficient (Wildman–Crippen LogP) is 2.12. The standard InChI is InChI=1S/C22H30N6O2/c1-17-7-8-20(25-16-17)26-21(29)9-10-24-22(23-2)28-13-11-27(12-14-28)18-5-4-6-19(15-18)30-3/h4-8,15-16H,9-14H2,1-3H3,(H,23,24)(H,25,26,29). The lowest BCUT2D eigenvalue weighted by molar-refractivity contribution is -0.116. The molecule has 1 aromatic heterocycles. The molecule has 0 bridgehead atoms. The van der Waals surface area contributed by atoms with Crippen LogP contribution in [0.15, 0.2) is 47.6 Å². The first kappa shape index (κ1) is 21.4. The summed E-state index contributed by atoms with van der Waals surface area (Å²) in [5, 5.41) is 6.11. The van der Waals surface area contributed by atoms with Crippen molar-refractivity contribution in [3.05, 3.63) is 48.2 Å². The molecule has 0 atom stereocenters. The van der Waals surface area contributed by atoms with Gasteiger partial charge in [0.15, 0.2) is 5.96 Å². The number of amides is 1. The van der Waals surface area contributed by atoms with Crippen molar-refractivity contribution in [2.45, 2.75) is 13.3 Å². The predicted molar refractivity (Wildman–Crippen MR) is 120 cm³/mol. The Morgan fingerprint density at radius 2 is 2.00 bits per heavy atom. The van der Waals surface area contributed by atoms with Gasteiger partial charge in [0.05, 0.1) is 7.11 Å². The van der Waals surface area contributed by atoms with Crippen molar-refractivity contribution >= 4 is 23.4 Å². The van der Waals surface area contributed by atoms with Gasteiger partial charge in [0.2, 0.25) is 5.91 Å². The van der Waals surface area contributed by atoms with E-state index in [1.165, 1.54) is 5.69 Å². The molecule has 1 fully saturated rings. The van der Waals surface area contributed by atoms with Crippen LogP contribution in [0.5, 0.6) is 5.75 Å². The van der Waals surface area contributed by atoms with E-state index in [4.69, 9.17) is 4.74 Å². The van der Waals surface area contributed by atoms with Crippen LogP contribution >= 0.6 is 0 Å². The first-order chi connectivity index (χ1) is 14.6. The molecule has 0 aliphatic carbocycles. The largest absolute Gasteiger partial charge is 0.497 e. The smallest absolute Gasteiger partial charge is 0.227 e. The highest BCUT2D eigenvalue weighted by molar-refractivity contribution is 5.90. The summed E-state index contributed by atoms with van der Waals surface area (Å²) in [6.07, 6.45) is 2.08. The van der Waals surface area contributed by atoms with Gasteiger partial charge < -0.3 is 25.2 Å². The Labute approximate surface area is 178 Å². The van der Waals surface area contributed by atoms with Crippen molar-refractivity contribution in [1.82, 2.24) is 15.2 Å². The molecule has 2 N–H and O–H groups in total. The second-order valence-corrected chi connectivity index (χ2v) is 7.17. The molecule has 1 aliphatic rings. The van der Waals surface area contributed by atoms with E-state index in [-0.39, 0.29) is 5.91 Å². The zero-order valence-electron chi connectivity index (χ0n) is 17.9. The van der Waals surface area contributed by atoms with E-state index >= 15 is 0 Å². The van der Waals surface area contributed by atoms with E-state index in [2.05, 4.69) is 42.5 Å². The topological polar surface area (TPSA) is 82.1 Å². The molecule has 2 aromatic rings. The molecule has 1 amide bonds. The van der Waals surface area contributed by atoms with Gasteiger partial charge in [-0.15, -0.1) is 0 Å². The maximum Gasteiger partial charge on any atom is 0.227 e. The average molecular weight is 411 g/mol. The van der Waals surface area contributed by atoms with Gasteiger partial charge in [-0.1, -0.05) is 12.1 Å². The van der Waals surface area contributed by atoms with Crippen molar-refractivity contribution in [1.29, 1.82) is 0 Å². The molecule has 0 saturated carbocycles. The van der Waals surface area contributed by atoms with Crippen LogP contribution in [-0.2, 0) is 4.79 Å². The molecule has 0 spiro atoms. The second-order valence-electron chi connectivity index (χ2n) is 7.17. The summed E-state index contributed by atoms with van der Waals surface area (Å²) in [6, 6.07) is 11.9. The first-order valence-electron chi connectivity index (χ1n) is 10.2. The second kappa shape index (κ2) is 10.5. The van der Waals surface area contributed by atoms with E-state index in [0.29, 0.717) is 18.8 Å². The normalized spacial score (nSPS) is 14.4. The quantitative estimate of drug-likeness (QED) is 0.561. The third kappa shape index (κ3) is 5.85. The van der Waals surface area contributed by atoms with Gasteiger partial charge >= 0.3 is 0 Å². The summed E-state index contributed by atoms with van der Waals surface area (Å²) >= 11 is 0. The van der Waals surface area contributed by atoms with Gasteiger partial charge in [0.1, 0.15) is 11.6 Å². The number of aliphatic imine (C=N–C) groups is 1. The minimum atomic E-state index is -0.0721. The Kier molecular flexibility index (Phi) is 7.48. The van der Waals surface area contributed by atoms with Gasteiger partial charge in [-0.05, 0) is 30.7 Å². The molecule has 1 saturated heterocycles. The lowest BCUT2D eigenvalue weighted by Crippen LogP contribution is -2.52. The zero-order valence-corrected chi connectivity index (χ0v) is 17.9. The number of guanidine groups is 1. The fraction of sp³-hybridized carbons (Fsp3) is 0.409. The highest BCUT2D eigenvalue weighted by atomic mass is 16.5. The third-order valence-corrected chi connectivity index (χ3v) is 5.02. The number of hydrogen-bond donors (Lipinski definition) is 2. The fourth-order valence-corrected chi connectivity index (χ4v) is 3.35. The fourth-order valence-electron chi connectivity index (χ4n) is 3.35. The van der Waals surface area contributed by atoms with Crippen molar-refractivity contribution in [3.8, 4) is 5.75 Å². The summed E-state index contributed by atoms with van der Waals surface area (Å²) in [7, 11) is 3.46. The van der Waals surface area contributed by atoms with Gasteiger partial charge in [-0.2, -0.15) is 0 Å². The summed E-state index contributed by atoms with van der Waals surface area (Å²) in [5.74, 6) is 2.19. The first-order valence-corrected chi connectivity index (χ1v) is 10.2. The molecule has 30 heavy (non-hydrogen) atoms. The molecule has 0 radical (unpaired) electrons. The van der Waals surface area contributed by atoms with Gasteiger partial charge in [-0.3, -0.25) is 9.79 Å². The molecular weight excluding hydrogens is 380 g/mol. The monoisotopic (exact) mass is 410 g/mol. The SMILES string of the molecule is CN=C(NCCC(=O)Nc1ccc(C)cn1)N1CCN(c2cccc(OC)c2)CC1. The number of methoxy groups -OCH3 is 1. The third-order valence-electron chi connectivity index (χ3n) is 5.02. The van der Waals surface area contributed by atoms with Crippen LogP contribution in [0.4, 0.5) is 11.5 Å². The summed E-state index contributed by atoms with van der Waals surface area (Å²) in [6.45, 7) is 5.98. The Balaban J connectivity index is 1.43. The number of carbonyl (C=O) groups is 1. The maximum absolute atomic E-state index is 12.1. The molecule has 160 valence electrons. The summed E-state index contributed by atoms with van der Waals surface area (Å²) in [5.41, 5.74) is 2.23. The van der Waals surface area contributed by atoms with Crippen LogP contribution in [0.2, 0.25) is 0 Å². The van der Waals surface area contributed by atoms with Gasteiger partial charge in [-0.25, -0.2) is 4.98 Å². The molecule has 8 nitrogen and oxygen atoms in total. The average Bonchev–Trinajstić information content (AvgIpc) is 2.78. The Bertz CT molecular complexity index is 860. The number of piperazine rings is 1. The van der Waals surface area contributed by atoms with Gasteiger partial charge in [0.25, 0.3) is 0 Å². The number of hydrogen-bond acceptors (Lipinski definition) is 5. The number of aryl methyl sites for hydroxylation is 1. The number of aromatic nitrogens is 1. The van der Waals surface area contributed by atoms with E-state index in [0.717, 1.165) is 43.5 Å². The van der Waals surface area contributed by atoms with E-state index < -0.39 is 0 Å². The maximum atomic E-state index is 12.1. The van der Waals surface area contributed by atoms with Crippen molar-refractivity contribution in [3.63, 3.8) is 0 Å². The van der Waals surface area contributed by atoms with Crippen LogP contribution < -0.4 is 20.3 Å². The molecule has 8 heteroatoms. The van der Waals surface area contributed by atoms with Crippen molar-refractivity contribution in [2.75, 3.05) is 57.1 Å². The number of anilines is 2. The highest BCUT2D eigenvalue weighted by Gasteiger charge is 2.20. The number of benzene rings is 1. The minimum Gasteiger partial charge on any atom is -0.497 e. The van der Waals surface area contributed by atoms with Crippen LogP contribution in [0, 0.1) is 6.92 Å². The number of nitrogens with zero attached hydrogens (tertiary/aromatic N) is 4. The van der Waals surface area contributed by atoms with Crippen LogP contribution in [0.1, 0.15) is 12.0 Å². The van der Waals surface area contributed by atoms with Crippen LogP contribution in [0.25, 0.3) is 0 Å². The lowest BCUT2D eigenvalue weighted by atomic mass is 10.2. The van der Waals surface area contributed by atoms with Crippen LogP contribution in [0.3, 0.4) is 0 Å². The lowest BCUT2D eigenvalue weighted by Gasteiger charge is -2.37. The van der Waals surface area contributed by atoms with Crippen LogP contribution in [-0.4, -0.2) is 68.6 Å². The van der Waals surface area contributed by atoms with E-state index in [1.807, 2.05) is 25.1 Å². The molecule has 3 rings (SSSR count). The van der Waals surface area contributed by atoms with Gasteiger partial charge in [0, 0.05) is 64.1 Å². The molecule has 1 aliphatic heterocycles. The molecule has 2 heterocycles. The summed E-state index contributed by atoms with van der Waals surface area (Å²) < 4.78 is 5.33. The number of pyridine rings is 1. The summed E-state index contributed by atoms with van der Waals surface area (Å²) in [4.78, 5) is 25.3. The number of ether oxygens (including phenoxy) is 1. The molecule has 0 unspecified atom stereocenters. The Hall–Kier alpha value is -3.29. The molecular formula is C22H30N6O2. The Morgan fingerprint density at radius 1 is 1.20 bits per heavy atom. The highest BCUT2D eigenvalue weighted by Crippen LogP contribution is 2.22. The molecule has 1 aromatic carbocycles. The van der Waals surface area contributed by atoms with E-state index in [9.17, 15) is 4.79 Å². The van der Waals surface area contributed by atoms with E-state index in [1.54, 1.807) is 26.4 Å². The number of carbonyl (C=O) groups excluding carboxylic acids is 1. The number of nitrogens with one attached hydrogen (secondary N) is 2.